The van der Waals surface area contributed by atoms with Crippen LogP contribution in [-0.2, 0) is 13.2 Å². The Balaban J connectivity index is 1.74. The molecule has 0 aliphatic heterocycles. The first-order chi connectivity index (χ1) is 14.5. The van der Waals surface area contributed by atoms with Crippen LogP contribution in [0.1, 0.15) is 23.6 Å². The fraction of sp³-hybridized carbons (Fsp3) is 0.250. The van der Waals surface area contributed by atoms with Crippen molar-refractivity contribution in [2.75, 3.05) is 19.0 Å². The number of rotatable bonds is 9. The molecule has 0 fully saturated rings. The Hall–Kier alpha value is -2.56. The molecule has 0 amide bonds. The standard InChI is InChI=1S/C24H25Cl2NO3/c1-4-29-23-12-18(14-27-19-8-9-22(28-3)20(25)13-19)11-21(26)24(23)30-15-17-7-5-6-16(2)10-17/h5-13,27H,4,14-15H2,1-3H3. The molecule has 4 nitrogen and oxygen atoms in total. The van der Waals surface area contributed by atoms with E-state index in [9.17, 15) is 0 Å². The molecule has 0 saturated heterocycles. The van der Waals surface area contributed by atoms with Gasteiger partial charge in [-0.25, -0.2) is 0 Å². The van der Waals surface area contributed by atoms with Gasteiger partial charge in [-0.1, -0.05) is 53.0 Å². The van der Waals surface area contributed by atoms with E-state index in [1.54, 1.807) is 7.11 Å². The summed E-state index contributed by atoms with van der Waals surface area (Å²) in [5, 5.41) is 4.40. The summed E-state index contributed by atoms with van der Waals surface area (Å²) in [5.74, 6) is 1.82. The van der Waals surface area contributed by atoms with E-state index < -0.39 is 0 Å². The van der Waals surface area contributed by atoms with Crippen LogP contribution in [0.25, 0.3) is 0 Å². The van der Waals surface area contributed by atoms with E-state index in [1.165, 1.54) is 5.56 Å². The first kappa shape index (κ1) is 22.1. The number of halogens is 2. The molecule has 1 N–H and O–H groups in total. The molecule has 0 aliphatic carbocycles. The third kappa shape index (κ3) is 5.74. The van der Waals surface area contributed by atoms with Gasteiger partial charge in [0.25, 0.3) is 0 Å². The molecule has 6 heteroatoms. The van der Waals surface area contributed by atoms with Gasteiger partial charge in [-0.2, -0.15) is 0 Å². The largest absolute Gasteiger partial charge is 0.495 e. The molecule has 30 heavy (non-hydrogen) atoms. The van der Waals surface area contributed by atoms with Crippen molar-refractivity contribution in [2.45, 2.75) is 27.0 Å². The molecule has 0 spiro atoms. The first-order valence-corrected chi connectivity index (χ1v) is 10.5. The number of hydrogen-bond acceptors (Lipinski definition) is 4. The van der Waals surface area contributed by atoms with Gasteiger partial charge in [-0.15, -0.1) is 0 Å². The summed E-state index contributed by atoms with van der Waals surface area (Å²) in [7, 11) is 1.59. The number of hydrogen-bond donors (Lipinski definition) is 1. The topological polar surface area (TPSA) is 39.7 Å². The zero-order valence-electron chi connectivity index (χ0n) is 17.3. The highest BCUT2D eigenvalue weighted by Gasteiger charge is 2.13. The molecule has 3 aromatic rings. The number of benzene rings is 3. The van der Waals surface area contributed by atoms with E-state index in [4.69, 9.17) is 37.4 Å². The fourth-order valence-electron chi connectivity index (χ4n) is 3.06. The minimum Gasteiger partial charge on any atom is -0.495 e. The normalized spacial score (nSPS) is 10.6. The van der Waals surface area contributed by atoms with Crippen molar-refractivity contribution in [1.82, 2.24) is 0 Å². The number of anilines is 1. The zero-order chi connectivity index (χ0) is 21.5. The maximum absolute atomic E-state index is 6.54. The first-order valence-electron chi connectivity index (χ1n) is 9.71. The predicted molar refractivity (Wildman–Crippen MR) is 123 cm³/mol. The van der Waals surface area contributed by atoms with Crippen LogP contribution >= 0.6 is 23.2 Å². The van der Waals surface area contributed by atoms with Crippen LogP contribution in [0.5, 0.6) is 17.2 Å². The third-order valence-corrected chi connectivity index (χ3v) is 5.06. The summed E-state index contributed by atoms with van der Waals surface area (Å²) in [6.45, 7) is 5.48. The maximum Gasteiger partial charge on any atom is 0.180 e. The number of nitrogens with one attached hydrogen (secondary N) is 1. The van der Waals surface area contributed by atoms with Crippen molar-refractivity contribution in [3.63, 3.8) is 0 Å². The highest BCUT2D eigenvalue weighted by Crippen LogP contribution is 2.37. The predicted octanol–water partition coefficient (Wildman–Crippen LogP) is 6.90. The second kappa shape index (κ2) is 10.5. The molecule has 0 heterocycles. The molecule has 0 aromatic heterocycles. The lowest BCUT2D eigenvalue weighted by Crippen LogP contribution is -2.04. The van der Waals surface area contributed by atoms with Crippen molar-refractivity contribution in [2.24, 2.45) is 0 Å². The second-order valence-corrected chi connectivity index (χ2v) is 7.63. The van der Waals surface area contributed by atoms with E-state index in [-0.39, 0.29) is 0 Å². The molecule has 0 atom stereocenters. The molecule has 158 valence electrons. The van der Waals surface area contributed by atoms with Gasteiger partial charge in [0.1, 0.15) is 12.4 Å². The van der Waals surface area contributed by atoms with Crippen LogP contribution in [0.4, 0.5) is 5.69 Å². The van der Waals surface area contributed by atoms with Crippen LogP contribution in [0.2, 0.25) is 10.0 Å². The van der Waals surface area contributed by atoms with Crippen molar-refractivity contribution in [3.8, 4) is 17.2 Å². The van der Waals surface area contributed by atoms with Crippen LogP contribution in [0, 0.1) is 6.92 Å². The molecule has 0 saturated carbocycles. The van der Waals surface area contributed by atoms with Crippen LogP contribution < -0.4 is 19.5 Å². The molecular weight excluding hydrogens is 421 g/mol. The summed E-state index contributed by atoms with van der Waals surface area (Å²) in [6.07, 6.45) is 0. The third-order valence-electron chi connectivity index (χ3n) is 4.48. The molecule has 3 rings (SSSR count). The Bertz CT molecular complexity index is 1010. The minimum absolute atomic E-state index is 0.420. The summed E-state index contributed by atoms with van der Waals surface area (Å²) in [5.41, 5.74) is 4.12. The molecule has 0 unspecified atom stereocenters. The van der Waals surface area contributed by atoms with Crippen LogP contribution in [0.3, 0.4) is 0 Å². The summed E-state index contributed by atoms with van der Waals surface area (Å²) >= 11 is 12.7. The molecule has 0 aliphatic rings. The minimum atomic E-state index is 0.420. The van der Waals surface area contributed by atoms with Gasteiger partial charge >= 0.3 is 0 Å². The van der Waals surface area contributed by atoms with Gasteiger partial charge in [-0.05, 0) is 55.3 Å². The van der Waals surface area contributed by atoms with E-state index in [0.717, 1.165) is 16.8 Å². The smallest absolute Gasteiger partial charge is 0.180 e. The Kier molecular flexibility index (Phi) is 7.72. The Morgan fingerprint density at radius 2 is 1.70 bits per heavy atom. The zero-order valence-corrected chi connectivity index (χ0v) is 18.8. The van der Waals surface area contributed by atoms with E-state index in [2.05, 4.69) is 24.4 Å². The van der Waals surface area contributed by atoms with Crippen molar-refractivity contribution in [1.29, 1.82) is 0 Å². The number of ether oxygens (including phenoxy) is 3. The highest BCUT2D eigenvalue weighted by molar-refractivity contribution is 6.32. The van der Waals surface area contributed by atoms with Crippen LogP contribution in [-0.4, -0.2) is 13.7 Å². The quantitative estimate of drug-likeness (QED) is 0.388. The van der Waals surface area contributed by atoms with E-state index >= 15 is 0 Å². The van der Waals surface area contributed by atoms with E-state index in [0.29, 0.717) is 47.1 Å². The number of methoxy groups -OCH3 is 1. The van der Waals surface area contributed by atoms with Crippen molar-refractivity contribution >= 4 is 28.9 Å². The monoisotopic (exact) mass is 445 g/mol. The van der Waals surface area contributed by atoms with Gasteiger partial charge in [0, 0.05) is 12.2 Å². The average Bonchev–Trinajstić information content (AvgIpc) is 2.72. The van der Waals surface area contributed by atoms with E-state index in [1.807, 2.05) is 49.4 Å². The molecular formula is C24H25Cl2NO3. The molecule has 0 bridgehead atoms. The SMILES string of the molecule is CCOc1cc(CNc2ccc(OC)c(Cl)c2)cc(Cl)c1OCc1cccc(C)c1. The van der Waals surface area contributed by atoms with Gasteiger partial charge in [-0.3, -0.25) is 0 Å². The second-order valence-electron chi connectivity index (χ2n) is 6.82. The van der Waals surface area contributed by atoms with Crippen molar-refractivity contribution in [3.05, 3.63) is 81.3 Å². The molecule has 3 aromatic carbocycles. The summed E-state index contributed by atoms with van der Waals surface area (Å²) in [4.78, 5) is 0. The Labute approximate surface area is 187 Å². The maximum atomic E-state index is 6.54. The lowest BCUT2D eigenvalue weighted by atomic mass is 10.1. The van der Waals surface area contributed by atoms with Gasteiger partial charge < -0.3 is 19.5 Å². The average molecular weight is 446 g/mol. The lowest BCUT2D eigenvalue weighted by molar-refractivity contribution is 0.269. The summed E-state index contributed by atoms with van der Waals surface area (Å²) < 4.78 is 17.0. The molecule has 0 radical (unpaired) electrons. The Morgan fingerprint density at radius 1 is 0.867 bits per heavy atom. The van der Waals surface area contributed by atoms with Crippen molar-refractivity contribution < 1.29 is 14.2 Å². The summed E-state index contributed by atoms with van der Waals surface area (Å²) in [6, 6.07) is 17.6. The van der Waals surface area contributed by atoms with Gasteiger partial charge in [0.05, 0.1) is 23.8 Å². The fourth-order valence-corrected chi connectivity index (χ4v) is 3.61. The van der Waals surface area contributed by atoms with Gasteiger partial charge in [0.2, 0.25) is 0 Å². The van der Waals surface area contributed by atoms with Gasteiger partial charge in [0.15, 0.2) is 11.5 Å². The van der Waals surface area contributed by atoms with Crippen LogP contribution in [0.15, 0.2) is 54.6 Å². The number of aryl methyl sites for hydroxylation is 1. The lowest BCUT2D eigenvalue weighted by Gasteiger charge is -2.16. The highest BCUT2D eigenvalue weighted by atomic mass is 35.5. The Morgan fingerprint density at radius 3 is 2.40 bits per heavy atom.